The van der Waals surface area contributed by atoms with Crippen LogP contribution >= 0.6 is 11.6 Å². The Morgan fingerprint density at radius 1 is 1.28 bits per heavy atom. The number of carbonyl (C=O) groups excluding carboxylic acids is 1. The molecule has 0 heterocycles. The summed E-state index contributed by atoms with van der Waals surface area (Å²) in [7, 11) is 3.30. The molecule has 0 unspecified atom stereocenters. The highest BCUT2D eigenvalue weighted by molar-refractivity contribution is 6.30. The topological polar surface area (TPSA) is 70.6 Å². The molecule has 2 rings (SSSR count). The normalized spacial score (nSPS) is 11.9. The lowest BCUT2D eigenvalue weighted by Crippen LogP contribution is -2.25. The summed E-state index contributed by atoms with van der Waals surface area (Å²) in [4.78, 5) is 11.9. The molecule has 0 saturated carbocycles. The third kappa shape index (κ3) is 4.51. The quantitative estimate of drug-likeness (QED) is 0.707. The van der Waals surface area contributed by atoms with E-state index >= 15 is 0 Å². The minimum atomic E-state index is -0.936. The highest BCUT2D eigenvalue weighted by Gasteiger charge is 2.20. The van der Waals surface area contributed by atoms with E-state index in [1.807, 2.05) is 25.1 Å². The maximum Gasteiger partial charge on any atom is 0.238 e. The second-order valence-electron chi connectivity index (χ2n) is 5.59. The van der Waals surface area contributed by atoms with Gasteiger partial charge in [0, 0.05) is 16.3 Å². The van der Waals surface area contributed by atoms with Gasteiger partial charge in [-0.3, -0.25) is 4.79 Å². The number of hydrogen-bond donors (Lipinski definition) is 3. The van der Waals surface area contributed by atoms with E-state index < -0.39 is 6.10 Å². The van der Waals surface area contributed by atoms with Gasteiger partial charge in [-0.05, 0) is 48.9 Å². The van der Waals surface area contributed by atoms with E-state index in [4.69, 9.17) is 16.3 Å². The van der Waals surface area contributed by atoms with E-state index in [0.717, 1.165) is 16.9 Å². The fourth-order valence-electron chi connectivity index (χ4n) is 2.80. The lowest BCUT2D eigenvalue weighted by molar-refractivity contribution is -0.115. The fraction of sp³-hybridized carbons (Fsp3) is 0.316. The molecule has 5 nitrogen and oxygen atoms in total. The Kier molecular flexibility index (Phi) is 6.82. The van der Waals surface area contributed by atoms with Gasteiger partial charge in [-0.1, -0.05) is 30.7 Å². The summed E-state index contributed by atoms with van der Waals surface area (Å²) in [6, 6.07) is 10.6. The van der Waals surface area contributed by atoms with E-state index in [1.165, 1.54) is 0 Å². The Morgan fingerprint density at radius 3 is 2.68 bits per heavy atom. The van der Waals surface area contributed by atoms with E-state index in [2.05, 4.69) is 10.6 Å². The standard InChI is InChI=1S/C19H23ClN2O3/c1-4-13-14(6-5-7-17(13)25-3)19(24)15-10-12(20)8-9-16(15)22-18(23)11-21-2/h5-10,19,21,24H,4,11H2,1-3H3,(H,22,23)/t19-/m1/s1. The zero-order valence-electron chi connectivity index (χ0n) is 14.6. The lowest BCUT2D eigenvalue weighted by atomic mass is 9.93. The highest BCUT2D eigenvalue weighted by atomic mass is 35.5. The SMILES string of the molecule is CCc1c(OC)cccc1[C@@H](O)c1cc(Cl)ccc1NC(=O)CNC. The van der Waals surface area contributed by atoms with Crippen LogP contribution in [0.15, 0.2) is 36.4 Å². The Hall–Kier alpha value is -2.08. The summed E-state index contributed by atoms with van der Waals surface area (Å²) < 4.78 is 5.40. The smallest absolute Gasteiger partial charge is 0.238 e. The molecule has 0 saturated heterocycles. The summed E-state index contributed by atoms with van der Waals surface area (Å²) in [6.45, 7) is 2.18. The van der Waals surface area contributed by atoms with Crippen molar-refractivity contribution < 1.29 is 14.6 Å². The number of carbonyl (C=O) groups is 1. The number of benzene rings is 2. The average molecular weight is 363 g/mol. The predicted octanol–water partition coefficient (Wildman–Crippen LogP) is 3.15. The molecule has 25 heavy (non-hydrogen) atoms. The summed E-state index contributed by atoms with van der Waals surface area (Å²) in [5, 5.41) is 17.1. The van der Waals surface area contributed by atoms with Crippen molar-refractivity contribution in [2.45, 2.75) is 19.4 Å². The number of methoxy groups -OCH3 is 1. The molecule has 0 fully saturated rings. The lowest BCUT2D eigenvalue weighted by Gasteiger charge is -2.20. The fourth-order valence-corrected chi connectivity index (χ4v) is 2.99. The largest absolute Gasteiger partial charge is 0.496 e. The van der Waals surface area contributed by atoms with Crippen LogP contribution in [-0.4, -0.2) is 31.7 Å². The van der Waals surface area contributed by atoms with Crippen LogP contribution in [0.4, 0.5) is 5.69 Å². The molecule has 0 bridgehead atoms. The van der Waals surface area contributed by atoms with Crippen molar-refractivity contribution in [3.8, 4) is 5.75 Å². The minimum Gasteiger partial charge on any atom is -0.496 e. The van der Waals surface area contributed by atoms with Crippen molar-refractivity contribution in [3.05, 3.63) is 58.1 Å². The highest BCUT2D eigenvalue weighted by Crippen LogP contribution is 2.35. The Bertz CT molecular complexity index is 749. The molecule has 0 aliphatic rings. The molecule has 6 heteroatoms. The van der Waals surface area contributed by atoms with Gasteiger partial charge in [0.2, 0.25) is 5.91 Å². The summed E-state index contributed by atoms with van der Waals surface area (Å²) in [6.07, 6.45) is -0.230. The summed E-state index contributed by atoms with van der Waals surface area (Å²) in [5.41, 5.74) is 2.72. The molecule has 1 atom stereocenters. The molecule has 3 N–H and O–H groups in total. The molecule has 2 aromatic rings. The molecule has 0 aliphatic heterocycles. The molecule has 0 spiro atoms. The minimum absolute atomic E-state index is 0.178. The van der Waals surface area contributed by atoms with Gasteiger partial charge in [-0.25, -0.2) is 0 Å². The van der Waals surface area contributed by atoms with Crippen molar-refractivity contribution >= 4 is 23.2 Å². The van der Waals surface area contributed by atoms with Crippen molar-refractivity contribution in [2.75, 3.05) is 26.0 Å². The number of likely N-dealkylation sites (N-methyl/N-ethyl adjacent to an activating group) is 1. The average Bonchev–Trinajstić information content (AvgIpc) is 2.62. The van der Waals surface area contributed by atoms with Crippen molar-refractivity contribution in [1.82, 2.24) is 5.32 Å². The molecular formula is C19H23ClN2O3. The van der Waals surface area contributed by atoms with Crippen LogP contribution in [0.1, 0.15) is 29.7 Å². The van der Waals surface area contributed by atoms with Crippen LogP contribution in [0.25, 0.3) is 0 Å². The van der Waals surface area contributed by atoms with E-state index in [-0.39, 0.29) is 12.5 Å². The Labute approximate surface area is 153 Å². The van der Waals surface area contributed by atoms with Gasteiger partial charge < -0.3 is 20.5 Å². The Morgan fingerprint density at radius 2 is 2.04 bits per heavy atom. The van der Waals surface area contributed by atoms with Crippen molar-refractivity contribution in [1.29, 1.82) is 0 Å². The Balaban J connectivity index is 2.47. The molecule has 1 amide bonds. The van der Waals surface area contributed by atoms with Gasteiger partial charge >= 0.3 is 0 Å². The maximum absolute atomic E-state index is 11.9. The number of halogens is 1. The van der Waals surface area contributed by atoms with Crippen LogP contribution in [0.3, 0.4) is 0 Å². The van der Waals surface area contributed by atoms with Crippen molar-refractivity contribution in [3.63, 3.8) is 0 Å². The number of hydrogen-bond acceptors (Lipinski definition) is 4. The maximum atomic E-state index is 11.9. The number of rotatable bonds is 7. The van der Waals surface area contributed by atoms with Gasteiger partial charge in [0.25, 0.3) is 0 Å². The number of nitrogens with one attached hydrogen (secondary N) is 2. The van der Waals surface area contributed by atoms with Crippen LogP contribution in [-0.2, 0) is 11.2 Å². The zero-order valence-corrected chi connectivity index (χ0v) is 15.4. The molecule has 0 aromatic heterocycles. The van der Waals surface area contributed by atoms with E-state index in [1.54, 1.807) is 32.4 Å². The summed E-state index contributed by atoms with van der Waals surface area (Å²) in [5.74, 6) is 0.529. The number of ether oxygens (including phenoxy) is 1. The number of aliphatic hydroxyl groups is 1. The van der Waals surface area contributed by atoms with Gasteiger partial charge in [-0.2, -0.15) is 0 Å². The second-order valence-corrected chi connectivity index (χ2v) is 6.03. The first kappa shape index (κ1) is 19.2. The van der Waals surface area contributed by atoms with E-state index in [0.29, 0.717) is 22.7 Å². The molecule has 0 aliphatic carbocycles. The van der Waals surface area contributed by atoms with Crippen LogP contribution in [0.5, 0.6) is 5.75 Å². The number of aliphatic hydroxyl groups excluding tert-OH is 1. The second kappa shape index (κ2) is 8.85. The van der Waals surface area contributed by atoms with Gasteiger partial charge in [0.15, 0.2) is 0 Å². The van der Waals surface area contributed by atoms with Crippen LogP contribution in [0, 0.1) is 0 Å². The first-order chi connectivity index (χ1) is 12.0. The first-order valence-corrected chi connectivity index (χ1v) is 8.47. The molecule has 134 valence electrons. The third-order valence-corrected chi connectivity index (χ3v) is 4.19. The number of amides is 1. The van der Waals surface area contributed by atoms with E-state index in [9.17, 15) is 9.90 Å². The predicted molar refractivity (Wildman–Crippen MR) is 100 cm³/mol. The third-order valence-electron chi connectivity index (χ3n) is 3.96. The number of anilines is 1. The van der Waals surface area contributed by atoms with Crippen molar-refractivity contribution in [2.24, 2.45) is 0 Å². The zero-order chi connectivity index (χ0) is 18.4. The molecule has 0 radical (unpaired) electrons. The van der Waals surface area contributed by atoms with Gasteiger partial charge in [-0.15, -0.1) is 0 Å². The van der Waals surface area contributed by atoms with Crippen LogP contribution in [0.2, 0.25) is 5.02 Å². The van der Waals surface area contributed by atoms with Gasteiger partial charge in [0.05, 0.1) is 13.7 Å². The molecular weight excluding hydrogens is 340 g/mol. The van der Waals surface area contributed by atoms with Gasteiger partial charge in [0.1, 0.15) is 11.9 Å². The molecule has 2 aromatic carbocycles. The monoisotopic (exact) mass is 362 g/mol. The van der Waals surface area contributed by atoms with Crippen LogP contribution < -0.4 is 15.4 Å². The first-order valence-electron chi connectivity index (χ1n) is 8.09. The summed E-state index contributed by atoms with van der Waals surface area (Å²) >= 11 is 6.12.